The lowest BCUT2D eigenvalue weighted by Gasteiger charge is -2.31. The molecule has 1 aromatic heterocycles. The number of carbonyl (C=O) groups is 1. The molecule has 0 N–H and O–H groups in total. The first-order valence-electron chi connectivity index (χ1n) is 7.98. The average molecular weight is 334 g/mol. The molecule has 1 saturated heterocycles. The second-order valence-corrected chi connectivity index (χ2v) is 6.78. The Morgan fingerprint density at radius 3 is 2.83 bits per heavy atom. The van der Waals surface area contributed by atoms with Crippen molar-refractivity contribution in [3.63, 3.8) is 0 Å². The molecule has 0 unspecified atom stereocenters. The molecule has 0 bridgehead atoms. The summed E-state index contributed by atoms with van der Waals surface area (Å²) in [6.45, 7) is 2.70. The van der Waals surface area contributed by atoms with Crippen LogP contribution < -0.4 is 0 Å². The first kappa shape index (κ1) is 16.4. The van der Waals surface area contributed by atoms with Crippen LogP contribution in [0.2, 0.25) is 0 Å². The average Bonchev–Trinajstić information content (AvgIpc) is 3.03. The lowest BCUT2D eigenvalue weighted by molar-refractivity contribution is -0.137. The molecule has 1 fully saturated rings. The zero-order valence-electron chi connectivity index (χ0n) is 13.4. The van der Waals surface area contributed by atoms with Crippen molar-refractivity contribution in [2.24, 2.45) is 0 Å². The summed E-state index contributed by atoms with van der Waals surface area (Å²) in [5.74, 6) is 0.537. The molecule has 1 aliphatic rings. The summed E-state index contributed by atoms with van der Waals surface area (Å²) in [4.78, 5) is 18.7. The number of para-hydroxylation sites is 1. The Morgan fingerprint density at radius 2 is 2.09 bits per heavy atom. The molecule has 0 aliphatic carbocycles. The van der Waals surface area contributed by atoms with Gasteiger partial charge in [-0.15, -0.1) is 11.3 Å². The lowest BCUT2D eigenvalue weighted by Crippen LogP contribution is -2.40. The van der Waals surface area contributed by atoms with E-state index in [1.807, 2.05) is 11.0 Å². The summed E-state index contributed by atoms with van der Waals surface area (Å²) in [7, 11) is 1.62. The largest absolute Gasteiger partial charge is 0.382 e. The van der Waals surface area contributed by atoms with Gasteiger partial charge in [-0.25, -0.2) is 4.98 Å². The minimum atomic E-state index is 0.0730. The van der Waals surface area contributed by atoms with E-state index >= 15 is 0 Å². The number of ether oxygens (including phenoxy) is 2. The van der Waals surface area contributed by atoms with Gasteiger partial charge in [0.15, 0.2) is 0 Å². The second kappa shape index (κ2) is 7.86. The third-order valence-electron chi connectivity index (χ3n) is 4.16. The molecule has 1 aromatic carbocycles. The van der Waals surface area contributed by atoms with Crippen molar-refractivity contribution in [3.8, 4) is 0 Å². The predicted molar refractivity (Wildman–Crippen MR) is 90.9 cm³/mol. The highest BCUT2D eigenvalue weighted by atomic mass is 32.1. The number of piperidine rings is 1. The standard InChI is InChI=1S/C17H22N2O3S/c1-21-10-11-22-12-16(20)19-8-6-13(7-9-19)17-18-14-4-2-3-5-15(14)23-17/h2-5,13H,6-12H2,1H3. The number of rotatable bonds is 6. The predicted octanol–water partition coefficient (Wildman–Crippen LogP) is 2.67. The van der Waals surface area contributed by atoms with E-state index in [4.69, 9.17) is 14.5 Å². The molecule has 2 heterocycles. The Bertz CT molecular complexity index is 617. The van der Waals surface area contributed by atoms with Crippen molar-refractivity contribution in [2.45, 2.75) is 18.8 Å². The van der Waals surface area contributed by atoms with Crippen LogP contribution in [0.4, 0.5) is 0 Å². The number of thiazole rings is 1. The number of hydrogen-bond acceptors (Lipinski definition) is 5. The topological polar surface area (TPSA) is 51.7 Å². The summed E-state index contributed by atoms with van der Waals surface area (Å²) in [6.07, 6.45) is 1.95. The van der Waals surface area contributed by atoms with Gasteiger partial charge in [0.25, 0.3) is 0 Å². The molecule has 0 saturated carbocycles. The minimum Gasteiger partial charge on any atom is -0.382 e. The molecular weight excluding hydrogens is 312 g/mol. The van der Waals surface area contributed by atoms with E-state index in [9.17, 15) is 4.79 Å². The fourth-order valence-corrected chi connectivity index (χ4v) is 3.97. The van der Waals surface area contributed by atoms with Gasteiger partial charge in [0.1, 0.15) is 6.61 Å². The van der Waals surface area contributed by atoms with Crippen LogP contribution in [0.3, 0.4) is 0 Å². The van der Waals surface area contributed by atoms with Crippen molar-refractivity contribution in [1.82, 2.24) is 9.88 Å². The van der Waals surface area contributed by atoms with Gasteiger partial charge in [-0.3, -0.25) is 4.79 Å². The highest BCUT2D eigenvalue weighted by molar-refractivity contribution is 7.18. The third-order valence-corrected chi connectivity index (χ3v) is 5.36. The zero-order chi connectivity index (χ0) is 16.1. The minimum absolute atomic E-state index is 0.0730. The van der Waals surface area contributed by atoms with E-state index < -0.39 is 0 Å². The molecular formula is C17H22N2O3S. The van der Waals surface area contributed by atoms with Crippen LogP contribution in [0.15, 0.2) is 24.3 Å². The smallest absolute Gasteiger partial charge is 0.248 e. The molecule has 2 aromatic rings. The summed E-state index contributed by atoms with van der Waals surface area (Å²) in [6, 6.07) is 8.25. The van der Waals surface area contributed by atoms with Gasteiger partial charge < -0.3 is 14.4 Å². The van der Waals surface area contributed by atoms with Crippen molar-refractivity contribution < 1.29 is 14.3 Å². The SMILES string of the molecule is COCCOCC(=O)N1CCC(c2nc3ccccc3s2)CC1. The number of fused-ring (bicyclic) bond motifs is 1. The maximum atomic E-state index is 12.1. The van der Waals surface area contributed by atoms with Gasteiger partial charge in [-0.1, -0.05) is 12.1 Å². The summed E-state index contributed by atoms with van der Waals surface area (Å²) in [5, 5.41) is 1.20. The second-order valence-electron chi connectivity index (χ2n) is 5.72. The Kier molecular flexibility index (Phi) is 5.59. The van der Waals surface area contributed by atoms with E-state index in [0.29, 0.717) is 19.1 Å². The molecule has 5 nitrogen and oxygen atoms in total. The maximum Gasteiger partial charge on any atom is 0.248 e. The number of aromatic nitrogens is 1. The molecule has 124 valence electrons. The Labute approximate surface area is 140 Å². The van der Waals surface area contributed by atoms with Gasteiger partial charge in [0.05, 0.1) is 28.4 Å². The number of benzene rings is 1. The van der Waals surface area contributed by atoms with Crippen molar-refractivity contribution >= 4 is 27.5 Å². The molecule has 1 amide bonds. The molecule has 23 heavy (non-hydrogen) atoms. The van der Waals surface area contributed by atoms with Gasteiger partial charge in [0, 0.05) is 26.1 Å². The molecule has 1 aliphatic heterocycles. The summed E-state index contributed by atoms with van der Waals surface area (Å²) < 4.78 is 11.5. The maximum absolute atomic E-state index is 12.1. The molecule has 0 spiro atoms. The quantitative estimate of drug-likeness (QED) is 0.762. The van der Waals surface area contributed by atoms with E-state index in [-0.39, 0.29) is 12.5 Å². The van der Waals surface area contributed by atoms with Gasteiger partial charge in [-0.05, 0) is 25.0 Å². The number of carbonyl (C=O) groups excluding carboxylic acids is 1. The van der Waals surface area contributed by atoms with Crippen LogP contribution in [0, 0.1) is 0 Å². The zero-order valence-corrected chi connectivity index (χ0v) is 14.2. The van der Waals surface area contributed by atoms with Crippen LogP contribution in [0.1, 0.15) is 23.8 Å². The third kappa shape index (κ3) is 4.07. The lowest BCUT2D eigenvalue weighted by atomic mass is 9.97. The van der Waals surface area contributed by atoms with E-state index in [2.05, 4.69) is 18.2 Å². The number of methoxy groups -OCH3 is 1. The number of likely N-dealkylation sites (tertiary alicyclic amines) is 1. The summed E-state index contributed by atoms with van der Waals surface area (Å²) in [5.41, 5.74) is 1.08. The van der Waals surface area contributed by atoms with Crippen LogP contribution in [-0.4, -0.2) is 55.8 Å². The van der Waals surface area contributed by atoms with Crippen LogP contribution in [0.5, 0.6) is 0 Å². The first-order chi connectivity index (χ1) is 11.3. The number of hydrogen-bond donors (Lipinski definition) is 0. The van der Waals surface area contributed by atoms with Gasteiger partial charge in [-0.2, -0.15) is 0 Å². The van der Waals surface area contributed by atoms with E-state index in [1.165, 1.54) is 9.71 Å². The van der Waals surface area contributed by atoms with Crippen molar-refractivity contribution in [2.75, 3.05) is 40.0 Å². The van der Waals surface area contributed by atoms with Crippen LogP contribution in [-0.2, 0) is 14.3 Å². The van der Waals surface area contributed by atoms with Crippen LogP contribution >= 0.6 is 11.3 Å². The van der Waals surface area contributed by atoms with Crippen molar-refractivity contribution in [3.05, 3.63) is 29.3 Å². The Balaban J connectivity index is 1.50. The first-order valence-corrected chi connectivity index (χ1v) is 8.79. The van der Waals surface area contributed by atoms with Gasteiger partial charge >= 0.3 is 0 Å². The number of nitrogens with zero attached hydrogens (tertiary/aromatic N) is 2. The summed E-state index contributed by atoms with van der Waals surface area (Å²) >= 11 is 1.78. The molecule has 0 radical (unpaired) electrons. The Morgan fingerprint density at radius 1 is 1.30 bits per heavy atom. The fraction of sp³-hybridized carbons (Fsp3) is 0.529. The van der Waals surface area contributed by atoms with Crippen LogP contribution in [0.25, 0.3) is 10.2 Å². The van der Waals surface area contributed by atoms with E-state index in [1.54, 1.807) is 18.4 Å². The fourth-order valence-electron chi connectivity index (χ4n) is 2.83. The highest BCUT2D eigenvalue weighted by Gasteiger charge is 2.25. The van der Waals surface area contributed by atoms with E-state index in [0.717, 1.165) is 31.4 Å². The normalized spacial score (nSPS) is 16.1. The highest BCUT2D eigenvalue weighted by Crippen LogP contribution is 2.33. The number of amides is 1. The molecule has 6 heteroatoms. The van der Waals surface area contributed by atoms with Crippen molar-refractivity contribution in [1.29, 1.82) is 0 Å². The molecule has 0 atom stereocenters. The molecule has 3 rings (SSSR count). The van der Waals surface area contributed by atoms with Gasteiger partial charge in [0.2, 0.25) is 5.91 Å². The Hall–Kier alpha value is -1.50. The monoisotopic (exact) mass is 334 g/mol.